The number of alkyl carbamates (subject to hydrolysis) is 1. The number of hydrogen-bond acceptors (Lipinski definition) is 5. The van der Waals surface area contributed by atoms with Gasteiger partial charge in [-0.05, 0) is 28.7 Å². The summed E-state index contributed by atoms with van der Waals surface area (Å²) in [6.07, 6.45) is -0.0902. The number of amides is 2. The van der Waals surface area contributed by atoms with Gasteiger partial charge in [0.05, 0.1) is 5.92 Å². The third kappa shape index (κ3) is 5.90. The first-order valence-electron chi connectivity index (χ1n) is 11.1. The molecule has 0 heterocycles. The molecule has 0 spiro atoms. The first-order chi connectivity index (χ1) is 16.0. The zero-order valence-corrected chi connectivity index (χ0v) is 18.9. The zero-order chi connectivity index (χ0) is 23.8. The number of ether oxygens (including phenoxy) is 2. The second-order valence-electron chi connectivity index (χ2n) is 7.99. The van der Waals surface area contributed by atoms with Crippen molar-refractivity contribution in [3.8, 4) is 11.1 Å². The number of fused-ring (bicyclic) bond motifs is 3. The molecular weight excluding hydrogens is 424 g/mol. The highest BCUT2D eigenvalue weighted by Crippen LogP contribution is 2.44. The van der Waals surface area contributed by atoms with Crippen molar-refractivity contribution in [2.24, 2.45) is 5.92 Å². The molecule has 1 aliphatic carbocycles. The molecule has 0 saturated heterocycles. The number of carbonyl (C=O) groups excluding carboxylic acids is 2. The Bertz CT molecular complexity index is 947. The van der Waals surface area contributed by atoms with Crippen LogP contribution in [0.5, 0.6) is 0 Å². The largest absolute Gasteiger partial charge is 0.481 e. The molecule has 2 aromatic rings. The summed E-state index contributed by atoms with van der Waals surface area (Å²) in [4.78, 5) is 36.3. The highest BCUT2D eigenvalue weighted by atomic mass is 16.5. The first kappa shape index (κ1) is 24.3. The molecule has 1 aliphatic rings. The van der Waals surface area contributed by atoms with Gasteiger partial charge in [-0.2, -0.15) is 0 Å². The number of carbonyl (C=O) groups is 3. The van der Waals surface area contributed by atoms with Gasteiger partial charge in [0.25, 0.3) is 0 Å². The molecule has 8 heteroatoms. The summed E-state index contributed by atoms with van der Waals surface area (Å²) in [5.74, 6) is -2.22. The molecule has 0 saturated carbocycles. The van der Waals surface area contributed by atoms with E-state index in [2.05, 4.69) is 22.8 Å². The lowest BCUT2D eigenvalue weighted by molar-refractivity contribution is -0.141. The van der Waals surface area contributed by atoms with Crippen molar-refractivity contribution < 1.29 is 29.0 Å². The fourth-order valence-electron chi connectivity index (χ4n) is 4.04. The Morgan fingerprint density at radius 2 is 1.64 bits per heavy atom. The molecule has 0 aliphatic heterocycles. The fraction of sp³-hybridized carbons (Fsp3) is 0.400. The minimum absolute atomic E-state index is 0.0134. The van der Waals surface area contributed by atoms with Crippen LogP contribution in [0.15, 0.2) is 48.5 Å². The van der Waals surface area contributed by atoms with Crippen LogP contribution >= 0.6 is 0 Å². The van der Waals surface area contributed by atoms with E-state index in [9.17, 15) is 14.4 Å². The van der Waals surface area contributed by atoms with Crippen LogP contribution in [0.25, 0.3) is 11.1 Å². The van der Waals surface area contributed by atoms with Gasteiger partial charge in [0.2, 0.25) is 5.91 Å². The monoisotopic (exact) mass is 454 g/mol. The van der Waals surface area contributed by atoms with Crippen LogP contribution in [0.2, 0.25) is 0 Å². The Hall–Kier alpha value is -3.39. The van der Waals surface area contributed by atoms with Crippen LogP contribution in [0.4, 0.5) is 4.79 Å². The van der Waals surface area contributed by atoms with Crippen molar-refractivity contribution in [1.82, 2.24) is 10.6 Å². The van der Waals surface area contributed by atoms with Crippen LogP contribution in [-0.4, -0.2) is 56.0 Å². The number of rotatable bonds is 11. The lowest BCUT2D eigenvalue weighted by Gasteiger charge is -2.20. The Labute approximate surface area is 193 Å². The lowest BCUT2D eigenvalue weighted by Crippen LogP contribution is -2.49. The van der Waals surface area contributed by atoms with E-state index in [-0.39, 0.29) is 32.1 Å². The highest BCUT2D eigenvalue weighted by molar-refractivity contribution is 5.86. The summed E-state index contributed by atoms with van der Waals surface area (Å²) in [5.41, 5.74) is 4.45. The molecule has 3 N–H and O–H groups in total. The van der Waals surface area contributed by atoms with Crippen molar-refractivity contribution in [2.45, 2.75) is 31.7 Å². The maximum absolute atomic E-state index is 12.6. The molecule has 0 radical (unpaired) electrons. The normalized spacial score (nSPS) is 14.0. The van der Waals surface area contributed by atoms with E-state index in [1.54, 1.807) is 6.92 Å². The molecule has 2 unspecified atom stereocenters. The molecule has 2 aromatic carbocycles. The van der Waals surface area contributed by atoms with Gasteiger partial charge in [-0.15, -0.1) is 0 Å². The maximum Gasteiger partial charge on any atom is 0.407 e. The SMILES string of the molecule is CCC(CNC(=O)C(CCOC)NC(=O)OCC1c2ccccc2-c2ccccc21)C(=O)O. The van der Waals surface area contributed by atoms with Crippen LogP contribution in [0, 0.1) is 5.92 Å². The average Bonchev–Trinajstić information content (AvgIpc) is 3.14. The maximum atomic E-state index is 12.6. The molecule has 2 amide bonds. The van der Waals surface area contributed by atoms with E-state index < -0.39 is 29.9 Å². The third-order valence-electron chi connectivity index (χ3n) is 5.93. The van der Waals surface area contributed by atoms with E-state index in [0.29, 0.717) is 6.42 Å². The van der Waals surface area contributed by atoms with Gasteiger partial charge in [0.1, 0.15) is 12.6 Å². The molecule has 33 heavy (non-hydrogen) atoms. The Kier molecular flexibility index (Phi) is 8.43. The summed E-state index contributed by atoms with van der Waals surface area (Å²) >= 11 is 0. The van der Waals surface area contributed by atoms with Crippen LogP contribution < -0.4 is 10.6 Å². The quantitative estimate of drug-likeness (QED) is 0.481. The van der Waals surface area contributed by atoms with Crippen LogP contribution in [-0.2, 0) is 19.1 Å². The molecule has 8 nitrogen and oxygen atoms in total. The number of benzene rings is 2. The second kappa shape index (κ2) is 11.5. The van der Waals surface area contributed by atoms with E-state index >= 15 is 0 Å². The van der Waals surface area contributed by atoms with Gasteiger partial charge in [0, 0.05) is 32.6 Å². The third-order valence-corrected chi connectivity index (χ3v) is 5.93. The number of aliphatic carboxylic acids is 1. The van der Waals surface area contributed by atoms with Gasteiger partial charge in [-0.3, -0.25) is 9.59 Å². The summed E-state index contributed by atoms with van der Waals surface area (Å²) in [5, 5.41) is 14.4. The minimum atomic E-state index is -0.976. The summed E-state index contributed by atoms with van der Waals surface area (Å²) in [7, 11) is 1.50. The summed E-state index contributed by atoms with van der Waals surface area (Å²) < 4.78 is 10.6. The van der Waals surface area contributed by atoms with E-state index in [1.165, 1.54) is 7.11 Å². The molecule has 0 aromatic heterocycles. The first-order valence-corrected chi connectivity index (χ1v) is 11.1. The number of methoxy groups -OCH3 is 1. The van der Waals surface area contributed by atoms with Crippen molar-refractivity contribution in [3.05, 3.63) is 59.7 Å². The molecule has 2 atom stereocenters. The molecule has 176 valence electrons. The van der Waals surface area contributed by atoms with Crippen LogP contribution in [0.1, 0.15) is 36.8 Å². The van der Waals surface area contributed by atoms with Gasteiger partial charge < -0.3 is 25.2 Å². The summed E-state index contributed by atoms with van der Waals surface area (Å²) in [6.45, 7) is 2.11. The molecule has 0 bridgehead atoms. The predicted molar refractivity (Wildman–Crippen MR) is 123 cm³/mol. The van der Waals surface area contributed by atoms with Gasteiger partial charge >= 0.3 is 12.1 Å². The standard InChI is InChI=1S/C25H30N2O6/c1-3-16(24(29)30)14-26-23(28)22(12-13-32-2)27-25(31)33-15-21-19-10-6-4-8-17(19)18-9-5-7-11-20(18)21/h4-11,16,21-22H,3,12-15H2,1-2H3,(H,26,28)(H,27,31)(H,29,30). The fourth-order valence-corrected chi connectivity index (χ4v) is 4.04. The number of hydrogen-bond donors (Lipinski definition) is 3. The Morgan fingerprint density at radius 3 is 2.18 bits per heavy atom. The van der Waals surface area contributed by atoms with Crippen LogP contribution in [0.3, 0.4) is 0 Å². The number of carboxylic acid groups (broad SMARTS) is 1. The van der Waals surface area contributed by atoms with Crippen molar-refractivity contribution in [1.29, 1.82) is 0 Å². The average molecular weight is 455 g/mol. The lowest BCUT2D eigenvalue weighted by atomic mass is 9.98. The molecule has 3 rings (SSSR count). The number of carboxylic acids is 1. The predicted octanol–water partition coefficient (Wildman–Crippen LogP) is 3.16. The Morgan fingerprint density at radius 1 is 1.03 bits per heavy atom. The van der Waals surface area contributed by atoms with Gasteiger partial charge in [-0.1, -0.05) is 55.5 Å². The topological polar surface area (TPSA) is 114 Å². The zero-order valence-electron chi connectivity index (χ0n) is 18.9. The smallest absolute Gasteiger partial charge is 0.407 e. The minimum Gasteiger partial charge on any atom is -0.481 e. The van der Waals surface area contributed by atoms with E-state index in [4.69, 9.17) is 14.6 Å². The van der Waals surface area contributed by atoms with E-state index in [1.807, 2.05) is 36.4 Å². The van der Waals surface area contributed by atoms with Gasteiger partial charge in [0.15, 0.2) is 0 Å². The number of nitrogens with one attached hydrogen (secondary N) is 2. The highest BCUT2D eigenvalue weighted by Gasteiger charge is 2.30. The summed E-state index contributed by atoms with van der Waals surface area (Å²) in [6, 6.07) is 15.2. The molecule has 0 fully saturated rings. The van der Waals surface area contributed by atoms with Gasteiger partial charge in [-0.25, -0.2) is 4.79 Å². The van der Waals surface area contributed by atoms with Crippen molar-refractivity contribution in [3.63, 3.8) is 0 Å². The van der Waals surface area contributed by atoms with Crippen molar-refractivity contribution >= 4 is 18.0 Å². The van der Waals surface area contributed by atoms with E-state index in [0.717, 1.165) is 22.3 Å². The Balaban J connectivity index is 1.61. The second-order valence-corrected chi connectivity index (χ2v) is 7.99. The molecular formula is C25H30N2O6. The van der Waals surface area contributed by atoms with Crippen molar-refractivity contribution in [2.75, 3.05) is 26.9 Å².